The van der Waals surface area contributed by atoms with Gasteiger partial charge >= 0.3 is 0 Å². The number of hydrogen-bond acceptors (Lipinski definition) is 2. The zero-order chi connectivity index (χ0) is 14.4. The van der Waals surface area contributed by atoms with Gasteiger partial charge in [0.2, 0.25) is 0 Å². The molecule has 3 nitrogen and oxygen atoms in total. The van der Waals surface area contributed by atoms with Gasteiger partial charge in [-0.3, -0.25) is 0 Å². The number of aromatic nitrogens is 1. The monoisotopic (exact) mass is 274 g/mol. The van der Waals surface area contributed by atoms with Crippen molar-refractivity contribution in [3.05, 3.63) is 36.0 Å². The van der Waals surface area contributed by atoms with E-state index in [2.05, 4.69) is 61.1 Å². The van der Waals surface area contributed by atoms with Crippen molar-refractivity contribution in [1.82, 2.24) is 9.88 Å². The number of benzene rings is 1. The van der Waals surface area contributed by atoms with Crippen LogP contribution < -0.4 is 5.32 Å². The highest BCUT2D eigenvalue weighted by Crippen LogP contribution is 2.20. The second-order valence-corrected chi connectivity index (χ2v) is 5.46. The number of nitrogens with one attached hydrogen (secondary N) is 1. The van der Waals surface area contributed by atoms with Crippen molar-refractivity contribution >= 4 is 10.9 Å². The molecule has 0 unspecified atom stereocenters. The van der Waals surface area contributed by atoms with Gasteiger partial charge in [-0.05, 0) is 43.8 Å². The third-order valence-corrected chi connectivity index (χ3v) is 3.40. The Morgan fingerprint density at radius 2 is 2.10 bits per heavy atom. The quantitative estimate of drug-likeness (QED) is 0.745. The Morgan fingerprint density at radius 1 is 1.25 bits per heavy atom. The van der Waals surface area contributed by atoms with Crippen LogP contribution in [0, 0.1) is 0 Å². The van der Waals surface area contributed by atoms with E-state index in [0.717, 1.165) is 26.2 Å². The van der Waals surface area contributed by atoms with Crippen LogP contribution in [0.4, 0.5) is 0 Å². The molecule has 2 rings (SSSR count). The van der Waals surface area contributed by atoms with Crippen LogP contribution in [0.5, 0.6) is 0 Å². The van der Waals surface area contributed by atoms with Crippen molar-refractivity contribution in [2.75, 3.05) is 13.2 Å². The zero-order valence-corrected chi connectivity index (χ0v) is 12.9. The maximum absolute atomic E-state index is 5.67. The Morgan fingerprint density at radius 3 is 2.85 bits per heavy atom. The van der Waals surface area contributed by atoms with Gasteiger partial charge in [0.1, 0.15) is 0 Å². The summed E-state index contributed by atoms with van der Waals surface area (Å²) in [4.78, 5) is 0. The minimum atomic E-state index is 0.294. The summed E-state index contributed by atoms with van der Waals surface area (Å²) >= 11 is 0. The normalized spacial score (nSPS) is 11.6. The van der Waals surface area contributed by atoms with Crippen LogP contribution in [-0.2, 0) is 17.8 Å². The summed E-state index contributed by atoms with van der Waals surface area (Å²) in [5.41, 5.74) is 2.70. The minimum absolute atomic E-state index is 0.294. The predicted octanol–water partition coefficient (Wildman–Crippen LogP) is 3.57. The fourth-order valence-electron chi connectivity index (χ4n) is 2.46. The van der Waals surface area contributed by atoms with Gasteiger partial charge in [-0.2, -0.15) is 0 Å². The van der Waals surface area contributed by atoms with E-state index in [1.807, 2.05) is 0 Å². The van der Waals surface area contributed by atoms with Crippen LogP contribution in [0.3, 0.4) is 0 Å². The molecule has 0 spiro atoms. The lowest BCUT2D eigenvalue weighted by atomic mass is 10.1. The van der Waals surface area contributed by atoms with E-state index < -0.39 is 0 Å². The molecule has 1 aromatic heterocycles. The first kappa shape index (κ1) is 15.1. The summed E-state index contributed by atoms with van der Waals surface area (Å²) in [6.45, 7) is 10.0. The van der Waals surface area contributed by atoms with Crippen LogP contribution in [0.2, 0.25) is 0 Å². The summed E-state index contributed by atoms with van der Waals surface area (Å²) in [6, 6.07) is 8.72. The van der Waals surface area contributed by atoms with E-state index >= 15 is 0 Å². The van der Waals surface area contributed by atoms with Crippen molar-refractivity contribution < 1.29 is 4.74 Å². The number of fused-ring (bicyclic) bond motifs is 1. The fraction of sp³-hybridized carbons (Fsp3) is 0.529. The largest absolute Gasteiger partial charge is 0.377 e. The Labute approximate surface area is 121 Å². The van der Waals surface area contributed by atoms with Gasteiger partial charge in [0, 0.05) is 19.3 Å². The molecule has 0 radical (unpaired) electrons. The van der Waals surface area contributed by atoms with E-state index in [1.54, 1.807) is 0 Å². The van der Waals surface area contributed by atoms with Gasteiger partial charge in [0.15, 0.2) is 0 Å². The topological polar surface area (TPSA) is 26.2 Å². The molecule has 110 valence electrons. The maximum atomic E-state index is 5.67. The predicted molar refractivity (Wildman–Crippen MR) is 85.0 cm³/mol. The van der Waals surface area contributed by atoms with Crippen LogP contribution >= 0.6 is 0 Å². The van der Waals surface area contributed by atoms with Crippen LogP contribution in [0.1, 0.15) is 32.8 Å². The molecule has 0 saturated heterocycles. The molecule has 20 heavy (non-hydrogen) atoms. The van der Waals surface area contributed by atoms with Crippen molar-refractivity contribution in [3.63, 3.8) is 0 Å². The third-order valence-electron chi connectivity index (χ3n) is 3.40. The SMILES string of the molecule is CCCNCc1cccc2ccn(CCOC(C)C)c12. The fourth-order valence-corrected chi connectivity index (χ4v) is 2.46. The molecule has 0 aliphatic heterocycles. The Bertz CT molecular complexity index is 531. The lowest BCUT2D eigenvalue weighted by molar-refractivity contribution is 0.0733. The van der Waals surface area contributed by atoms with Crippen molar-refractivity contribution in [1.29, 1.82) is 0 Å². The number of hydrogen-bond donors (Lipinski definition) is 1. The van der Waals surface area contributed by atoms with Gasteiger partial charge in [-0.25, -0.2) is 0 Å². The van der Waals surface area contributed by atoms with Gasteiger partial charge < -0.3 is 14.6 Å². The van der Waals surface area contributed by atoms with Gasteiger partial charge in [-0.1, -0.05) is 25.1 Å². The van der Waals surface area contributed by atoms with Gasteiger partial charge in [-0.15, -0.1) is 0 Å². The Balaban J connectivity index is 2.13. The highest BCUT2D eigenvalue weighted by molar-refractivity contribution is 5.83. The molecule has 0 fully saturated rings. The molecular weight excluding hydrogens is 248 g/mol. The van der Waals surface area contributed by atoms with Gasteiger partial charge in [0.05, 0.1) is 18.2 Å². The number of nitrogens with zero attached hydrogens (tertiary/aromatic N) is 1. The highest BCUT2D eigenvalue weighted by atomic mass is 16.5. The Kier molecular flexibility index (Phi) is 5.62. The zero-order valence-electron chi connectivity index (χ0n) is 12.9. The smallest absolute Gasteiger partial charge is 0.0649 e. The van der Waals surface area contributed by atoms with E-state index in [-0.39, 0.29) is 0 Å². The molecule has 0 atom stereocenters. The van der Waals surface area contributed by atoms with E-state index in [1.165, 1.54) is 22.9 Å². The lowest BCUT2D eigenvalue weighted by Gasteiger charge is -2.12. The van der Waals surface area contributed by atoms with Crippen LogP contribution in [0.25, 0.3) is 10.9 Å². The molecule has 1 N–H and O–H groups in total. The molecule has 0 aliphatic carbocycles. The summed E-state index contributed by atoms with van der Waals surface area (Å²) < 4.78 is 7.97. The maximum Gasteiger partial charge on any atom is 0.0649 e. The molecule has 0 aliphatic rings. The first-order chi connectivity index (χ1) is 9.72. The average Bonchev–Trinajstić information content (AvgIpc) is 2.83. The lowest BCUT2D eigenvalue weighted by Crippen LogP contribution is -2.15. The number of rotatable bonds is 8. The molecule has 0 saturated carbocycles. The van der Waals surface area contributed by atoms with Crippen molar-refractivity contribution in [2.24, 2.45) is 0 Å². The summed E-state index contributed by atoms with van der Waals surface area (Å²) in [5.74, 6) is 0. The van der Waals surface area contributed by atoms with Crippen molar-refractivity contribution in [2.45, 2.75) is 46.4 Å². The highest BCUT2D eigenvalue weighted by Gasteiger charge is 2.06. The first-order valence-corrected chi connectivity index (χ1v) is 7.61. The Hall–Kier alpha value is -1.32. The summed E-state index contributed by atoms with van der Waals surface area (Å²) in [6.07, 6.45) is 3.62. The second kappa shape index (κ2) is 7.46. The average molecular weight is 274 g/mol. The number of para-hydroxylation sites is 1. The van der Waals surface area contributed by atoms with E-state index in [9.17, 15) is 0 Å². The third kappa shape index (κ3) is 3.84. The standard InChI is InChI=1S/C17H26N2O/c1-4-9-18-13-16-7-5-6-15-8-10-19(17(15)16)11-12-20-14(2)3/h5-8,10,14,18H,4,9,11-13H2,1-3H3. The molecule has 0 bridgehead atoms. The number of ether oxygens (including phenoxy) is 1. The van der Waals surface area contributed by atoms with Crippen LogP contribution in [0.15, 0.2) is 30.5 Å². The van der Waals surface area contributed by atoms with Crippen molar-refractivity contribution in [3.8, 4) is 0 Å². The van der Waals surface area contributed by atoms with E-state index in [4.69, 9.17) is 4.74 Å². The summed E-state index contributed by atoms with van der Waals surface area (Å²) in [5, 5.41) is 4.80. The molecule has 3 heteroatoms. The first-order valence-electron chi connectivity index (χ1n) is 7.61. The van der Waals surface area contributed by atoms with Crippen LogP contribution in [-0.4, -0.2) is 23.8 Å². The molecule has 0 amide bonds. The molecular formula is C17H26N2O. The second-order valence-electron chi connectivity index (χ2n) is 5.46. The molecule has 1 aromatic carbocycles. The summed E-state index contributed by atoms with van der Waals surface area (Å²) in [7, 11) is 0. The molecule has 2 aromatic rings. The van der Waals surface area contributed by atoms with Gasteiger partial charge in [0.25, 0.3) is 0 Å². The molecule has 1 heterocycles. The van der Waals surface area contributed by atoms with E-state index in [0.29, 0.717) is 6.10 Å². The minimum Gasteiger partial charge on any atom is -0.377 e.